The van der Waals surface area contributed by atoms with E-state index in [1.807, 2.05) is 11.7 Å². The maximum absolute atomic E-state index is 6.08. The van der Waals surface area contributed by atoms with Crippen LogP contribution in [0.15, 0.2) is 17.1 Å². The standard InChI is InChI=1S/C11H15N3S2/c1-2-3-4-8(12)9-6-15-11(14-9)10-5-13-7-16-10/h5-8H,2-4,12H2,1H3. The summed E-state index contributed by atoms with van der Waals surface area (Å²) >= 11 is 3.26. The third-order valence-corrected chi connectivity index (χ3v) is 4.22. The van der Waals surface area contributed by atoms with Crippen molar-refractivity contribution in [2.24, 2.45) is 5.73 Å². The quantitative estimate of drug-likeness (QED) is 0.887. The number of nitrogens with zero attached hydrogens (tertiary/aromatic N) is 2. The Labute approximate surface area is 103 Å². The zero-order chi connectivity index (χ0) is 11.4. The van der Waals surface area contributed by atoms with E-state index in [0.717, 1.165) is 28.4 Å². The summed E-state index contributed by atoms with van der Waals surface area (Å²) in [5, 5.41) is 3.10. The second-order valence-corrected chi connectivity index (χ2v) is 5.44. The van der Waals surface area contributed by atoms with Crippen LogP contribution in [-0.4, -0.2) is 9.97 Å². The second kappa shape index (κ2) is 5.52. The Morgan fingerprint density at radius 3 is 3.00 bits per heavy atom. The molecule has 0 fully saturated rings. The largest absolute Gasteiger partial charge is 0.323 e. The highest BCUT2D eigenvalue weighted by Gasteiger charge is 2.11. The number of hydrogen-bond acceptors (Lipinski definition) is 5. The molecule has 2 heterocycles. The fourth-order valence-corrected chi connectivity index (χ4v) is 3.04. The van der Waals surface area contributed by atoms with Crippen LogP contribution in [0.25, 0.3) is 9.88 Å². The Kier molecular flexibility index (Phi) is 4.04. The lowest BCUT2D eigenvalue weighted by Crippen LogP contribution is -2.10. The van der Waals surface area contributed by atoms with E-state index >= 15 is 0 Å². The summed E-state index contributed by atoms with van der Waals surface area (Å²) in [6, 6.07) is 0.0814. The van der Waals surface area contributed by atoms with Gasteiger partial charge >= 0.3 is 0 Å². The van der Waals surface area contributed by atoms with Crippen LogP contribution >= 0.6 is 22.7 Å². The molecule has 0 aliphatic carbocycles. The Hall–Kier alpha value is -0.780. The average molecular weight is 253 g/mol. The normalized spacial score (nSPS) is 12.9. The molecule has 2 aromatic heterocycles. The highest BCUT2D eigenvalue weighted by molar-refractivity contribution is 7.19. The Balaban J connectivity index is 2.07. The molecular weight excluding hydrogens is 238 g/mol. The van der Waals surface area contributed by atoms with Crippen LogP contribution in [0.2, 0.25) is 0 Å². The minimum absolute atomic E-state index is 0.0814. The smallest absolute Gasteiger partial charge is 0.135 e. The fourth-order valence-electron chi connectivity index (χ4n) is 1.46. The molecule has 2 rings (SSSR count). The van der Waals surface area contributed by atoms with E-state index < -0.39 is 0 Å². The summed E-state index contributed by atoms with van der Waals surface area (Å²) in [6.07, 6.45) is 5.21. The first-order valence-electron chi connectivity index (χ1n) is 5.41. The van der Waals surface area contributed by atoms with Gasteiger partial charge in [-0.15, -0.1) is 22.7 Å². The number of aromatic nitrogens is 2. The fraction of sp³-hybridized carbons (Fsp3) is 0.455. The number of hydrogen-bond donors (Lipinski definition) is 1. The minimum atomic E-state index is 0.0814. The molecule has 0 amide bonds. The predicted octanol–water partition coefficient (Wildman–Crippen LogP) is 3.46. The van der Waals surface area contributed by atoms with Crippen molar-refractivity contribution in [2.75, 3.05) is 0 Å². The number of nitrogens with two attached hydrogens (primary N) is 1. The summed E-state index contributed by atoms with van der Waals surface area (Å²) in [5.41, 5.74) is 8.92. The molecular formula is C11H15N3S2. The van der Waals surface area contributed by atoms with Crippen LogP contribution in [0.4, 0.5) is 0 Å². The van der Waals surface area contributed by atoms with Crippen LogP contribution in [0, 0.1) is 0 Å². The van der Waals surface area contributed by atoms with Crippen LogP contribution in [0.5, 0.6) is 0 Å². The Morgan fingerprint density at radius 2 is 2.31 bits per heavy atom. The predicted molar refractivity (Wildman–Crippen MR) is 69.7 cm³/mol. The Morgan fingerprint density at radius 1 is 1.44 bits per heavy atom. The second-order valence-electron chi connectivity index (χ2n) is 3.69. The molecule has 0 saturated carbocycles. The van der Waals surface area contributed by atoms with Gasteiger partial charge in [-0.25, -0.2) is 4.98 Å². The van der Waals surface area contributed by atoms with E-state index in [1.165, 1.54) is 6.42 Å². The van der Waals surface area contributed by atoms with Crippen molar-refractivity contribution >= 4 is 22.7 Å². The van der Waals surface area contributed by atoms with Crippen LogP contribution in [0.3, 0.4) is 0 Å². The zero-order valence-electron chi connectivity index (χ0n) is 9.22. The van der Waals surface area contributed by atoms with Gasteiger partial charge in [-0.3, -0.25) is 4.98 Å². The van der Waals surface area contributed by atoms with Crippen molar-refractivity contribution in [3.05, 3.63) is 22.8 Å². The first-order chi connectivity index (χ1) is 7.81. The maximum Gasteiger partial charge on any atom is 0.135 e. The number of thiazole rings is 2. The van der Waals surface area contributed by atoms with E-state index in [2.05, 4.69) is 22.3 Å². The van der Waals surface area contributed by atoms with Crippen molar-refractivity contribution in [3.63, 3.8) is 0 Å². The van der Waals surface area contributed by atoms with E-state index in [-0.39, 0.29) is 6.04 Å². The molecule has 3 nitrogen and oxygen atoms in total. The van der Waals surface area contributed by atoms with Crippen molar-refractivity contribution < 1.29 is 0 Å². The van der Waals surface area contributed by atoms with Crippen molar-refractivity contribution in [1.82, 2.24) is 9.97 Å². The van der Waals surface area contributed by atoms with E-state index in [0.29, 0.717) is 0 Å². The monoisotopic (exact) mass is 253 g/mol. The topological polar surface area (TPSA) is 51.8 Å². The van der Waals surface area contributed by atoms with E-state index in [1.54, 1.807) is 22.7 Å². The van der Waals surface area contributed by atoms with Gasteiger partial charge in [0.05, 0.1) is 16.1 Å². The third-order valence-electron chi connectivity index (χ3n) is 2.41. The zero-order valence-corrected chi connectivity index (χ0v) is 10.9. The van der Waals surface area contributed by atoms with Gasteiger partial charge in [0.15, 0.2) is 0 Å². The maximum atomic E-state index is 6.08. The van der Waals surface area contributed by atoms with Gasteiger partial charge in [0, 0.05) is 17.6 Å². The molecule has 2 aromatic rings. The summed E-state index contributed by atoms with van der Waals surface area (Å²) < 4.78 is 0. The van der Waals surface area contributed by atoms with Gasteiger partial charge < -0.3 is 5.73 Å². The third kappa shape index (κ3) is 2.66. The first-order valence-corrected chi connectivity index (χ1v) is 7.17. The van der Waals surface area contributed by atoms with Gasteiger partial charge in [-0.2, -0.15) is 0 Å². The molecule has 0 aliphatic rings. The lowest BCUT2D eigenvalue weighted by Gasteiger charge is -2.06. The highest BCUT2D eigenvalue weighted by atomic mass is 32.1. The summed E-state index contributed by atoms with van der Waals surface area (Å²) in [4.78, 5) is 9.75. The van der Waals surface area contributed by atoms with Gasteiger partial charge in [0.1, 0.15) is 5.01 Å². The molecule has 0 aliphatic heterocycles. The number of unbranched alkanes of at least 4 members (excludes halogenated alkanes) is 1. The first kappa shape index (κ1) is 11.7. The Bertz CT molecular complexity index is 422. The van der Waals surface area contributed by atoms with E-state index in [4.69, 9.17) is 5.73 Å². The lowest BCUT2D eigenvalue weighted by atomic mass is 10.1. The SMILES string of the molecule is CCCCC(N)c1csc(-c2cncs2)n1. The van der Waals surface area contributed by atoms with E-state index in [9.17, 15) is 0 Å². The van der Waals surface area contributed by atoms with Crippen LogP contribution in [0.1, 0.15) is 37.9 Å². The lowest BCUT2D eigenvalue weighted by molar-refractivity contribution is 0.593. The summed E-state index contributed by atoms with van der Waals surface area (Å²) in [5.74, 6) is 0. The van der Waals surface area contributed by atoms with Crippen LogP contribution < -0.4 is 5.73 Å². The van der Waals surface area contributed by atoms with Crippen molar-refractivity contribution in [1.29, 1.82) is 0 Å². The average Bonchev–Trinajstić information content (AvgIpc) is 2.94. The molecule has 0 radical (unpaired) electrons. The summed E-state index contributed by atoms with van der Waals surface area (Å²) in [6.45, 7) is 2.18. The molecule has 86 valence electrons. The molecule has 0 saturated heterocycles. The van der Waals surface area contributed by atoms with Gasteiger partial charge in [0.25, 0.3) is 0 Å². The molecule has 1 atom stereocenters. The summed E-state index contributed by atoms with van der Waals surface area (Å²) in [7, 11) is 0. The minimum Gasteiger partial charge on any atom is -0.323 e. The van der Waals surface area contributed by atoms with Crippen molar-refractivity contribution in [3.8, 4) is 9.88 Å². The molecule has 0 bridgehead atoms. The molecule has 1 unspecified atom stereocenters. The molecule has 5 heteroatoms. The van der Waals surface area contributed by atoms with Crippen LogP contribution in [-0.2, 0) is 0 Å². The van der Waals surface area contributed by atoms with Gasteiger partial charge in [0.2, 0.25) is 0 Å². The molecule has 16 heavy (non-hydrogen) atoms. The van der Waals surface area contributed by atoms with Gasteiger partial charge in [-0.05, 0) is 6.42 Å². The van der Waals surface area contributed by atoms with Gasteiger partial charge in [-0.1, -0.05) is 19.8 Å². The van der Waals surface area contributed by atoms with Crippen molar-refractivity contribution in [2.45, 2.75) is 32.2 Å². The highest BCUT2D eigenvalue weighted by Crippen LogP contribution is 2.29. The molecule has 0 spiro atoms. The number of rotatable bonds is 5. The molecule has 0 aromatic carbocycles. The molecule has 2 N–H and O–H groups in total.